The van der Waals surface area contributed by atoms with Crippen molar-refractivity contribution in [3.05, 3.63) is 57.8 Å². The standard InChI is InChI=1S/C42H66N10O4S/c1-27(2)11-17-45-37(43)13-19-47-39(53)33-23-31(25-51(33)21-15-29(5)6)49-41(55)35-9-10-36(57-35)42(56)50-32-24-34(52(26-32)22-16-30(7)8)40(54)48-20-14-38(44)46-18-12-28(3)4/h9-10,23-30H,11-22H2,1-8H3,(H2,43,45)(H2,44,46)(H,47,53)(H,48,54)(H,49,55)(H,50,56). The molecule has 0 atom stereocenters. The van der Waals surface area contributed by atoms with Crippen molar-refractivity contribution in [3.63, 3.8) is 0 Å². The molecule has 3 heterocycles. The molecule has 0 saturated carbocycles. The van der Waals surface area contributed by atoms with E-state index in [0.29, 0.717) is 107 Å². The Bertz CT molecular complexity index is 1680. The molecule has 0 unspecified atom stereocenters. The van der Waals surface area contributed by atoms with Crippen LogP contribution in [-0.4, -0.2) is 70.6 Å². The summed E-state index contributed by atoms with van der Waals surface area (Å²) in [6.07, 6.45) is 7.88. The van der Waals surface area contributed by atoms with E-state index in [1.165, 1.54) is 0 Å². The maximum absolute atomic E-state index is 13.4. The fourth-order valence-corrected chi connectivity index (χ4v) is 6.45. The predicted octanol–water partition coefficient (Wildman–Crippen LogP) is 7.41. The van der Waals surface area contributed by atoms with Crippen molar-refractivity contribution < 1.29 is 19.2 Å². The maximum Gasteiger partial charge on any atom is 0.267 e. The highest BCUT2D eigenvalue weighted by Gasteiger charge is 2.20. The highest BCUT2D eigenvalue weighted by Crippen LogP contribution is 2.23. The van der Waals surface area contributed by atoms with Gasteiger partial charge >= 0.3 is 0 Å². The van der Waals surface area contributed by atoms with Crippen LogP contribution in [0.3, 0.4) is 0 Å². The normalized spacial score (nSPS) is 11.3. The average Bonchev–Trinajstić information content (AvgIpc) is 3.88. The minimum Gasteiger partial charge on any atom is -0.374 e. The summed E-state index contributed by atoms with van der Waals surface area (Å²) < 4.78 is 3.67. The van der Waals surface area contributed by atoms with Gasteiger partial charge in [-0.2, -0.15) is 0 Å². The third kappa shape index (κ3) is 16.6. The summed E-state index contributed by atoms with van der Waals surface area (Å²) in [6.45, 7) is 20.2. The minimum absolute atomic E-state index is 0.284. The Kier molecular flexibility index (Phi) is 19.0. The number of amidine groups is 2. The highest BCUT2D eigenvalue weighted by molar-refractivity contribution is 7.16. The van der Waals surface area contributed by atoms with Crippen LogP contribution in [0.25, 0.3) is 0 Å². The van der Waals surface area contributed by atoms with E-state index in [9.17, 15) is 19.2 Å². The fourth-order valence-electron chi connectivity index (χ4n) is 5.65. The van der Waals surface area contributed by atoms with Gasteiger partial charge in [-0.1, -0.05) is 55.4 Å². The molecule has 0 spiro atoms. The van der Waals surface area contributed by atoms with Crippen molar-refractivity contribution in [2.75, 3.05) is 36.8 Å². The van der Waals surface area contributed by atoms with Crippen LogP contribution >= 0.6 is 11.3 Å². The van der Waals surface area contributed by atoms with Crippen LogP contribution in [-0.2, 0) is 13.1 Å². The van der Waals surface area contributed by atoms with E-state index < -0.39 is 11.8 Å². The molecular formula is C42H66N10O4S. The third-order valence-electron chi connectivity index (χ3n) is 9.16. The number of amides is 4. The van der Waals surface area contributed by atoms with Crippen molar-refractivity contribution >= 4 is 58.0 Å². The summed E-state index contributed by atoms with van der Waals surface area (Å²) in [5.74, 6) is 1.28. The molecule has 0 aromatic carbocycles. The van der Waals surface area contributed by atoms with E-state index in [4.69, 9.17) is 10.8 Å². The zero-order valence-corrected chi connectivity index (χ0v) is 36.0. The first-order valence-corrected chi connectivity index (χ1v) is 21.2. The number of nitrogens with zero attached hydrogens (tertiary/aromatic N) is 2. The number of thiophene rings is 1. The van der Waals surface area contributed by atoms with Crippen LogP contribution in [0.2, 0.25) is 0 Å². The molecule has 0 aliphatic carbocycles. The van der Waals surface area contributed by atoms with E-state index in [2.05, 4.69) is 87.3 Å². The second kappa shape index (κ2) is 23.3. The molecule has 15 heteroatoms. The van der Waals surface area contributed by atoms with E-state index >= 15 is 0 Å². The first-order chi connectivity index (χ1) is 27.0. The number of nitrogens with one attached hydrogen (secondary N) is 8. The molecule has 0 aliphatic heterocycles. The molecule has 0 bridgehead atoms. The third-order valence-corrected chi connectivity index (χ3v) is 10.2. The smallest absolute Gasteiger partial charge is 0.267 e. The SMILES string of the molecule is CC(C)CCNC(=N)CCNC(=O)c1cc(NC(=O)c2ccc(C(=O)Nc3cc(C(=O)NCCC(=N)NCCC(C)C)n(CCC(C)C)c3)s2)cn1CCC(C)C. The van der Waals surface area contributed by atoms with Gasteiger partial charge in [0.15, 0.2) is 0 Å². The number of aromatic nitrogens is 2. The van der Waals surface area contributed by atoms with E-state index in [0.717, 1.165) is 50.1 Å². The molecule has 314 valence electrons. The lowest BCUT2D eigenvalue weighted by Gasteiger charge is -2.12. The number of hydrogen-bond acceptors (Lipinski definition) is 7. The molecule has 4 amide bonds. The van der Waals surface area contributed by atoms with E-state index in [1.54, 1.807) is 36.7 Å². The van der Waals surface area contributed by atoms with Gasteiger partial charge in [-0.05, 0) is 73.6 Å². The summed E-state index contributed by atoms with van der Waals surface area (Å²) in [5, 5.41) is 34.0. The van der Waals surface area contributed by atoms with Gasteiger partial charge < -0.3 is 41.0 Å². The Hall–Kier alpha value is -4.92. The van der Waals surface area contributed by atoms with Crippen LogP contribution in [0.5, 0.6) is 0 Å². The molecule has 0 aliphatic rings. The second-order valence-corrected chi connectivity index (χ2v) is 17.3. The average molecular weight is 807 g/mol. The van der Waals surface area contributed by atoms with Crippen molar-refractivity contribution in [1.82, 2.24) is 30.4 Å². The molecule has 14 nitrogen and oxygen atoms in total. The summed E-state index contributed by atoms with van der Waals surface area (Å²) in [7, 11) is 0. The Labute approximate surface area is 342 Å². The summed E-state index contributed by atoms with van der Waals surface area (Å²) in [5.41, 5.74) is 1.75. The summed E-state index contributed by atoms with van der Waals surface area (Å²) in [6, 6.07) is 6.47. The lowest BCUT2D eigenvalue weighted by atomic mass is 10.1. The van der Waals surface area contributed by atoms with E-state index in [-0.39, 0.29) is 11.8 Å². The lowest BCUT2D eigenvalue weighted by Crippen LogP contribution is -2.32. The van der Waals surface area contributed by atoms with Crippen molar-refractivity contribution in [3.8, 4) is 0 Å². The van der Waals surface area contributed by atoms with Crippen LogP contribution < -0.4 is 31.9 Å². The molecule has 8 N–H and O–H groups in total. The van der Waals surface area contributed by atoms with Crippen LogP contribution in [0.15, 0.2) is 36.7 Å². The van der Waals surface area contributed by atoms with Gasteiger partial charge in [0.2, 0.25) is 0 Å². The van der Waals surface area contributed by atoms with Gasteiger partial charge in [-0.15, -0.1) is 11.3 Å². The summed E-state index contributed by atoms with van der Waals surface area (Å²) >= 11 is 1.04. The number of rotatable bonds is 24. The number of aryl methyl sites for hydroxylation is 2. The zero-order valence-electron chi connectivity index (χ0n) is 35.2. The van der Waals surface area contributed by atoms with Crippen molar-refractivity contribution in [2.24, 2.45) is 23.7 Å². The number of carbonyl (C=O) groups excluding carboxylic acids is 4. The Morgan fingerprint density at radius 3 is 1.26 bits per heavy atom. The van der Waals surface area contributed by atoms with Crippen LogP contribution in [0.4, 0.5) is 11.4 Å². The Balaban J connectivity index is 1.63. The van der Waals surface area contributed by atoms with Gasteiger partial charge in [-0.25, -0.2) is 0 Å². The molecule has 3 aromatic rings. The first kappa shape index (κ1) is 46.5. The molecule has 0 fully saturated rings. The monoisotopic (exact) mass is 806 g/mol. The van der Waals surface area contributed by atoms with Crippen LogP contribution in [0, 0.1) is 34.5 Å². The Morgan fingerprint density at radius 1 is 0.544 bits per heavy atom. The molecule has 0 saturated heterocycles. The van der Waals surface area contributed by atoms with Gasteiger partial charge in [0.25, 0.3) is 23.6 Å². The fraction of sp³-hybridized carbons (Fsp3) is 0.571. The maximum atomic E-state index is 13.4. The van der Waals surface area contributed by atoms with Crippen molar-refractivity contribution in [1.29, 1.82) is 10.8 Å². The van der Waals surface area contributed by atoms with E-state index in [1.807, 2.05) is 9.13 Å². The Morgan fingerprint density at radius 2 is 0.912 bits per heavy atom. The first-order valence-electron chi connectivity index (χ1n) is 20.3. The summed E-state index contributed by atoms with van der Waals surface area (Å²) in [4.78, 5) is 53.8. The largest absolute Gasteiger partial charge is 0.374 e. The van der Waals surface area contributed by atoms with Gasteiger partial charge in [-0.3, -0.25) is 30.0 Å². The quantitative estimate of drug-likeness (QED) is 0.0342. The molecule has 3 aromatic heterocycles. The van der Waals surface area contributed by atoms with Gasteiger partial charge in [0, 0.05) is 64.5 Å². The zero-order chi connectivity index (χ0) is 42.1. The molecule has 0 radical (unpaired) electrons. The topological polar surface area (TPSA) is 198 Å². The molecule has 57 heavy (non-hydrogen) atoms. The number of carbonyl (C=O) groups is 4. The molecule has 3 rings (SSSR count). The van der Waals surface area contributed by atoms with Gasteiger partial charge in [0.1, 0.15) is 11.4 Å². The van der Waals surface area contributed by atoms with Gasteiger partial charge in [0.05, 0.1) is 32.8 Å². The predicted molar refractivity (Wildman–Crippen MR) is 232 cm³/mol. The second-order valence-electron chi connectivity index (χ2n) is 16.2. The van der Waals surface area contributed by atoms with Crippen LogP contribution in [0.1, 0.15) is 134 Å². The minimum atomic E-state index is -0.407. The number of anilines is 2. The highest BCUT2D eigenvalue weighted by atomic mass is 32.1. The lowest BCUT2D eigenvalue weighted by molar-refractivity contribution is 0.0936. The molecular weight excluding hydrogens is 741 g/mol. The van der Waals surface area contributed by atoms with Crippen molar-refractivity contribution in [2.45, 2.75) is 107 Å². The number of hydrogen-bond donors (Lipinski definition) is 8.